The average molecular weight is 417 g/mol. The Labute approximate surface area is 172 Å². The number of piperidine rings is 1. The van der Waals surface area contributed by atoms with Crippen LogP contribution in [-0.2, 0) is 0 Å². The van der Waals surface area contributed by atoms with Crippen LogP contribution < -0.4 is 10.2 Å². The molecule has 28 heavy (non-hydrogen) atoms. The number of rotatable bonds is 5. The average Bonchev–Trinajstić information content (AvgIpc) is 3.28. The van der Waals surface area contributed by atoms with Crippen molar-refractivity contribution in [3.8, 4) is 0 Å². The largest absolute Gasteiger partial charge is 0.374 e. The van der Waals surface area contributed by atoms with Gasteiger partial charge in [0.15, 0.2) is 5.13 Å². The van der Waals surface area contributed by atoms with Gasteiger partial charge >= 0.3 is 0 Å². The first-order valence-electron chi connectivity index (χ1n) is 9.42. The first-order chi connectivity index (χ1) is 13.5. The van der Waals surface area contributed by atoms with E-state index in [0.717, 1.165) is 33.3 Å². The first kappa shape index (κ1) is 19.3. The van der Waals surface area contributed by atoms with E-state index in [1.165, 1.54) is 30.6 Å². The Hall–Kier alpha value is -2.00. The lowest BCUT2D eigenvalue weighted by atomic mass is 10.1. The van der Waals surface area contributed by atoms with Crippen LogP contribution in [0.4, 0.5) is 10.8 Å². The van der Waals surface area contributed by atoms with Gasteiger partial charge in [-0.3, -0.25) is 9.69 Å². The maximum atomic E-state index is 12.6. The summed E-state index contributed by atoms with van der Waals surface area (Å²) in [4.78, 5) is 23.0. The van der Waals surface area contributed by atoms with Crippen LogP contribution in [0, 0.1) is 0 Å². The summed E-state index contributed by atoms with van der Waals surface area (Å²) in [6.07, 6.45) is 3.10. The lowest BCUT2D eigenvalue weighted by molar-refractivity contribution is 0.0395. The minimum atomic E-state index is -0.658. The van der Waals surface area contributed by atoms with Gasteiger partial charge in [-0.2, -0.15) is 0 Å². The molecule has 1 unspecified atom stereocenters. The number of aliphatic hydroxyl groups excluding tert-OH is 1. The van der Waals surface area contributed by atoms with E-state index in [2.05, 4.69) is 10.2 Å². The number of carbonyl (C=O) groups is 1. The van der Waals surface area contributed by atoms with Gasteiger partial charge in [0.25, 0.3) is 5.91 Å². The summed E-state index contributed by atoms with van der Waals surface area (Å²) in [5.74, 6) is -0.129. The summed E-state index contributed by atoms with van der Waals surface area (Å²) in [5.41, 5.74) is 1.49. The van der Waals surface area contributed by atoms with Crippen molar-refractivity contribution in [2.45, 2.75) is 25.5 Å². The Morgan fingerprint density at radius 1 is 1.18 bits per heavy atom. The maximum Gasteiger partial charge on any atom is 0.265 e. The number of nitrogens with one attached hydrogen (secondary N) is 1. The minimum absolute atomic E-state index is 0.129. The van der Waals surface area contributed by atoms with E-state index in [4.69, 9.17) is 4.98 Å². The molecule has 3 aromatic rings. The Morgan fingerprint density at radius 2 is 1.89 bits per heavy atom. The number of amides is 1. The number of benzene rings is 1. The Bertz CT molecular complexity index is 927. The molecule has 1 aromatic carbocycles. The number of aromatic nitrogens is 1. The van der Waals surface area contributed by atoms with Gasteiger partial charge in [0, 0.05) is 18.8 Å². The highest BCUT2D eigenvalue weighted by Crippen LogP contribution is 2.35. The van der Waals surface area contributed by atoms with Crippen LogP contribution in [0.5, 0.6) is 0 Å². The van der Waals surface area contributed by atoms with Crippen LogP contribution in [0.2, 0.25) is 0 Å². The molecule has 0 saturated carbocycles. The van der Waals surface area contributed by atoms with Crippen LogP contribution in [0.3, 0.4) is 0 Å². The number of hydrogen-bond acceptors (Lipinski definition) is 7. The molecule has 8 heteroatoms. The minimum Gasteiger partial charge on any atom is -0.374 e. The van der Waals surface area contributed by atoms with E-state index in [1.807, 2.05) is 44.4 Å². The number of hydrogen-bond donors (Lipinski definition) is 2. The molecule has 1 amide bonds. The summed E-state index contributed by atoms with van der Waals surface area (Å²) >= 11 is 3.10. The molecular formula is C20H24N4O2S2. The summed E-state index contributed by atoms with van der Waals surface area (Å²) in [6.45, 7) is 2.15. The highest BCUT2D eigenvalue weighted by molar-refractivity contribution is 7.29. The SMILES string of the molecule is CN(C)C(O)c1ccc(NC(=O)c2cc3sc(N4CCCCC4)nc3s2)cc1. The second kappa shape index (κ2) is 8.16. The molecule has 1 saturated heterocycles. The van der Waals surface area contributed by atoms with E-state index in [-0.39, 0.29) is 5.91 Å². The van der Waals surface area contributed by atoms with Crippen LogP contribution >= 0.6 is 22.7 Å². The van der Waals surface area contributed by atoms with Gasteiger partial charge in [0.1, 0.15) is 11.1 Å². The van der Waals surface area contributed by atoms with Gasteiger partial charge in [0.2, 0.25) is 0 Å². The van der Waals surface area contributed by atoms with Gasteiger partial charge in [-0.15, -0.1) is 11.3 Å². The molecule has 2 aromatic heterocycles. The number of thiazole rings is 1. The Kier molecular flexibility index (Phi) is 5.63. The van der Waals surface area contributed by atoms with Crippen molar-refractivity contribution < 1.29 is 9.90 Å². The molecular weight excluding hydrogens is 392 g/mol. The fourth-order valence-corrected chi connectivity index (χ4v) is 5.44. The molecule has 2 N–H and O–H groups in total. The molecule has 148 valence electrons. The zero-order chi connectivity index (χ0) is 19.7. The predicted molar refractivity (Wildman–Crippen MR) is 117 cm³/mol. The number of carbonyl (C=O) groups excluding carboxylic acids is 1. The van der Waals surface area contributed by atoms with Gasteiger partial charge in [-0.1, -0.05) is 23.5 Å². The lowest BCUT2D eigenvalue weighted by Crippen LogP contribution is -2.29. The van der Waals surface area contributed by atoms with Gasteiger partial charge in [0.05, 0.1) is 9.58 Å². The van der Waals surface area contributed by atoms with E-state index in [1.54, 1.807) is 16.2 Å². The van der Waals surface area contributed by atoms with E-state index >= 15 is 0 Å². The number of nitrogens with zero attached hydrogens (tertiary/aromatic N) is 3. The molecule has 0 spiro atoms. The monoisotopic (exact) mass is 416 g/mol. The zero-order valence-corrected chi connectivity index (χ0v) is 17.6. The zero-order valence-electron chi connectivity index (χ0n) is 16.0. The summed E-state index contributed by atoms with van der Waals surface area (Å²) in [6, 6.07) is 9.19. The topological polar surface area (TPSA) is 68.7 Å². The molecule has 0 aliphatic carbocycles. The number of thiophene rings is 1. The van der Waals surface area contributed by atoms with Crippen molar-refractivity contribution in [2.24, 2.45) is 0 Å². The lowest BCUT2D eigenvalue weighted by Gasteiger charge is -2.25. The summed E-state index contributed by atoms with van der Waals surface area (Å²) in [5, 5.41) is 14.1. The maximum absolute atomic E-state index is 12.6. The third-order valence-electron chi connectivity index (χ3n) is 4.88. The number of fused-ring (bicyclic) bond motifs is 1. The van der Waals surface area contributed by atoms with Crippen LogP contribution in [-0.4, -0.2) is 48.1 Å². The molecule has 1 aliphatic rings. The van der Waals surface area contributed by atoms with Crippen molar-refractivity contribution in [3.05, 3.63) is 40.8 Å². The Morgan fingerprint density at radius 3 is 2.54 bits per heavy atom. The van der Waals surface area contributed by atoms with Crippen molar-refractivity contribution in [1.82, 2.24) is 9.88 Å². The number of aliphatic hydroxyl groups is 1. The number of anilines is 2. The van der Waals surface area contributed by atoms with Gasteiger partial charge < -0.3 is 15.3 Å². The van der Waals surface area contributed by atoms with E-state index in [9.17, 15) is 9.90 Å². The summed E-state index contributed by atoms with van der Waals surface area (Å²) < 4.78 is 1.07. The molecule has 1 aliphatic heterocycles. The molecule has 0 bridgehead atoms. The van der Waals surface area contributed by atoms with Crippen LogP contribution in [0.1, 0.15) is 40.7 Å². The molecule has 6 nitrogen and oxygen atoms in total. The molecule has 1 fully saturated rings. The molecule has 3 heterocycles. The quantitative estimate of drug-likeness (QED) is 0.612. The third-order valence-corrected chi connectivity index (χ3v) is 7.10. The summed E-state index contributed by atoms with van der Waals surface area (Å²) in [7, 11) is 3.63. The highest BCUT2D eigenvalue weighted by atomic mass is 32.1. The van der Waals surface area contributed by atoms with Gasteiger partial charge in [-0.25, -0.2) is 4.98 Å². The standard InChI is InChI=1S/C20H24N4O2S2/c1-23(2)19(26)13-6-8-14(9-7-13)21-17(25)15-12-16-18(27-15)22-20(28-16)24-10-4-3-5-11-24/h6-9,12,19,26H,3-5,10-11H2,1-2H3,(H,21,25). The van der Waals surface area contributed by atoms with Crippen molar-refractivity contribution in [3.63, 3.8) is 0 Å². The second-order valence-corrected chi connectivity index (χ2v) is 9.28. The van der Waals surface area contributed by atoms with Crippen molar-refractivity contribution in [1.29, 1.82) is 0 Å². The van der Waals surface area contributed by atoms with Gasteiger partial charge in [-0.05, 0) is 57.1 Å². The van der Waals surface area contributed by atoms with Crippen molar-refractivity contribution >= 4 is 48.9 Å². The first-order valence-corrected chi connectivity index (χ1v) is 11.1. The molecule has 4 rings (SSSR count). The predicted octanol–water partition coefficient (Wildman–Crippen LogP) is 4.15. The van der Waals surface area contributed by atoms with E-state index < -0.39 is 6.23 Å². The second-order valence-electron chi connectivity index (χ2n) is 7.24. The third kappa shape index (κ3) is 4.05. The molecule has 1 atom stereocenters. The van der Waals surface area contributed by atoms with Crippen LogP contribution in [0.15, 0.2) is 30.3 Å². The fraction of sp³-hybridized carbons (Fsp3) is 0.400. The smallest absolute Gasteiger partial charge is 0.265 e. The van der Waals surface area contributed by atoms with E-state index in [0.29, 0.717) is 10.6 Å². The van der Waals surface area contributed by atoms with Crippen LogP contribution in [0.25, 0.3) is 9.53 Å². The van der Waals surface area contributed by atoms with Crippen molar-refractivity contribution in [2.75, 3.05) is 37.4 Å². The molecule has 0 radical (unpaired) electrons. The Balaban J connectivity index is 1.44. The normalized spacial score (nSPS) is 15.9. The highest BCUT2D eigenvalue weighted by Gasteiger charge is 2.19. The fourth-order valence-electron chi connectivity index (χ4n) is 3.29.